The number of hydrogen-bond donors (Lipinski definition) is 0. The van der Waals surface area contributed by atoms with Crippen LogP contribution in [0.25, 0.3) is 0 Å². The SMILES string of the molecule is Cn1c(CCCOc2ccc(Cl)cc2Cl)nnc1SCc1cccc(F)c1. The summed E-state index contributed by atoms with van der Waals surface area (Å²) in [6.45, 7) is 0.514. The Morgan fingerprint density at radius 2 is 2.00 bits per heavy atom. The highest BCUT2D eigenvalue weighted by molar-refractivity contribution is 7.98. The fourth-order valence-electron chi connectivity index (χ4n) is 2.47. The molecule has 1 heterocycles. The van der Waals surface area contributed by atoms with Crippen LogP contribution in [0.3, 0.4) is 0 Å². The van der Waals surface area contributed by atoms with E-state index in [1.165, 1.54) is 23.9 Å². The molecule has 0 spiro atoms. The van der Waals surface area contributed by atoms with Crippen LogP contribution in [0.4, 0.5) is 4.39 Å². The molecule has 0 saturated heterocycles. The molecular weight excluding hydrogens is 408 g/mol. The lowest BCUT2D eigenvalue weighted by Crippen LogP contribution is -2.04. The second-order valence-corrected chi connectivity index (χ2v) is 7.69. The molecule has 0 atom stereocenters. The Morgan fingerprint density at radius 1 is 1.15 bits per heavy atom. The van der Waals surface area contributed by atoms with Gasteiger partial charge in [-0.05, 0) is 42.3 Å². The Hall–Kier alpha value is -1.76. The van der Waals surface area contributed by atoms with Gasteiger partial charge in [-0.15, -0.1) is 10.2 Å². The quantitative estimate of drug-likeness (QED) is 0.349. The average Bonchev–Trinajstić information content (AvgIpc) is 2.98. The molecule has 0 bridgehead atoms. The summed E-state index contributed by atoms with van der Waals surface area (Å²) in [6.07, 6.45) is 1.51. The summed E-state index contributed by atoms with van der Waals surface area (Å²) >= 11 is 13.5. The van der Waals surface area contributed by atoms with Gasteiger partial charge in [0.15, 0.2) is 5.16 Å². The molecule has 8 heteroatoms. The molecule has 0 radical (unpaired) electrons. The van der Waals surface area contributed by atoms with Gasteiger partial charge in [0.05, 0.1) is 11.6 Å². The Morgan fingerprint density at radius 3 is 2.78 bits per heavy atom. The second-order valence-electron chi connectivity index (χ2n) is 5.90. The molecule has 27 heavy (non-hydrogen) atoms. The van der Waals surface area contributed by atoms with E-state index in [9.17, 15) is 4.39 Å². The van der Waals surface area contributed by atoms with E-state index in [1.54, 1.807) is 24.3 Å². The van der Waals surface area contributed by atoms with Crippen LogP contribution in [-0.4, -0.2) is 21.4 Å². The van der Waals surface area contributed by atoms with Crippen LogP contribution in [0, 0.1) is 5.82 Å². The summed E-state index contributed by atoms with van der Waals surface area (Å²) in [7, 11) is 1.93. The van der Waals surface area contributed by atoms with E-state index in [1.807, 2.05) is 17.7 Å². The molecule has 0 aliphatic rings. The maximum atomic E-state index is 13.2. The van der Waals surface area contributed by atoms with Crippen molar-refractivity contribution in [1.29, 1.82) is 0 Å². The molecule has 0 aliphatic heterocycles. The average molecular weight is 426 g/mol. The molecule has 0 saturated carbocycles. The van der Waals surface area contributed by atoms with Crippen LogP contribution in [0.2, 0.25) is 10.0 Å². The first-order valence-corrected chi connectivity index (χ1v) is 10.1. The number of benzene rings is 2. The zero-order chi connectivity index (χ0) is 19.2. The van der Waals surface area contributed by atoms with Crippen LogP contribution in [0.1, 0.15) is 17.8 Å². The summed E-state index contributed by atoms with van der Waals surface area (Å²) in [6, 6.07) is 11.7. The van der Waals surface area contributed by atoms with Crippen molar-refractivity contribution in [3.8, 4) is 5.75 Å². The molecule has 0 aliphatic carbocycles. The van der Waals surface area contributed by atoms with Crippen molar-refractivity contribution in [2.75, 3.05) is 6.61 Å². The molecule has 0 fully saturated rings. The molecule has 2 aromatic carbocycles. The molecule has 3 aromatic rings. The van der Waals surface area contributed by atoms with Gasteiger partial charge >= 0.3 is 0 Å². The Labute approximate surface area is 171 Å². The summed E-state index contributed by atoms with van der Waals surface area (Å²) in [5, 5.41) is 10.3. The van der Waals surface area contributed by atoms with Crippen LogP contribution in [0.5, 0.6) is 5.75 Å². The third-order valence-corrected chi connectivity index (χ3v) is 5.50. The highest BCUT2D eigenvalue weighted by Gasteiger charge is 2.10. The molecule has 4 nitrogen and oxygen atoms in total. The van der Waals surface area contributed by atoms with Crippen LogP contribution >= 0.6 is 35.0 Å². The maximum Gasteiger partial charge on any atom is 0.191 e. The van der Waals surface area contributed by atoms with Crippen molar-refractivity contribution in [2.24, 2.45) is 7.05 Å². The predicted molar refractivity (Wildman–Crippen MR) is 107 cm³/mol. The van der Waals surface area contributed by atoms with Gasteiger partial charge in [0.1, 0.15) is 17.4 Å². The van der Waals surface area contributed by atoms with Gasteiger partial charge in [-0.2, -0.15) is 0 Å². The fourth-order valence-corrected chi connectivity index (χ4v) is 3.80. The van der Waals surface area contributed by atoms with Crippen molar-refractivity contribution in [3.63, 3.8) is 0 Å². The lowest BCUT2D eigenvalue weighted by Gasteiger charge is -2.08. The third kappa shape index (κ3) is 5.61. The minimum absolute atomic E-state index is 0.229. The van der Waals surface area contributed by atoms with Crippen molar-refractivity contribution in [3.05, 3.63) is 69.7 Å². The molecule has 0 N–H and O–H groups in total. The minimum atomic E-state index is -0.229. The first-order valence-electron chi connectivity index (χ1n) is 8.36. The van der Waals surface area contributed by atoms with Gasteiger partial charge in [0.2, 0.25) is 0 Å². The third-order valence-electron chi connectivity index (χ3n) is 3.88. The van der Waals surface area contributed by atoms with Gasteiger partial charge in [-0.1, -0.05) is 47.1 Å². The Balaban J connectivity index is 1.48. The number of hydrogen-bond acceptors (Lipinski definition) is 4. The highest BCUT2D eigenvalue weighted by atomic mass is 35.5. The van der Waals surface area contributed by atoms with Gasteiger partial charge in [-0.25, -0.2) is 4.39 Å². The molecular formula is C19H18Cl2FN3OS. The van der Waals surface area contributed by atoms with E-state index >= 15 is 0 Å². The van der Waals surface area contributed by atoms with Crippen LogP contribution in [-0.2, 0) is 19.2 Å². The summed E-state index contributed by atoms with van der Waals surface area (Å²) < 4.78 is 20.9. The lowest BCUT2D eigenvalue weighted by atomic mass is 10.2. The van der Waals surface area contributed by atoms with Gasteiger partial charge in [0.25, 0.3) is 0 Å². The summed E-state index contributed by atoms with van der Waals surface area (Å²) in [5.74, 6) is 1.91. The number of ether oxygens (including phenoxy) is 1. The largest absolute Gasteiger partial charge is 0.492 e. The topological polar surface area (TPSA) is 39.9 Å². The fraction of sp³-hybridized carbons (Fsp3) is 0.263. The van der Waals surface area contributed by atoms with E-state index in [2.05, 4.69) is 10.2 Å². The zero-order valence-electron chi connectivity index (χ0n) is 14.7. The number of aryl methyl sites for hydroxylation is 1. The molecule has 142 valence electrons. The van der Waals surface area contributed by atoms with E-state index in [0.29, 0.717) is 28.2 Å². The van der Waals surface area contributed by atoms with Gasteiger partial charge in [0, 0.05) is 24.2 Å². The van der Waals surface area contributed by atoms with Crippen molar-refractivity contribution in [1.82, 2.24) is 14.8 Å². The highest BCUT2D eigenvalue weighted by Crippen LogP contribution is 2.27. The smallest absolute Gasteiger partial charge is 0.191 e. The number of aromatic nitrogens is 3. The summed E-state index contributed by atoms with van der Waals surface area (Å²) in [5.41, 5.74) is 0.915. The van der Waals surface area contributed by atoms with E-state index < -0.39 is 0 Å². The Bertz CT molecular complexity index is 920. The normalized spacial score (nSPS) is 11.0. The van der Waals surface area contributed by atoms with Crippen LogP contribution in [0.15, 0.2) is 47.6 Å². The van der Waals surface area contributed by atoms with Crippen molar-refractivity contribution < 1.29 is 9.13 Å². The molecule has 1 aromatic heterocycles. The summed E-state index contributed by atoms with van der Waals surface area (Å²) in [4.78, 5) is 0. The van der Waals surface area contributed by atoms with E-state index in [0.717, 1.165) is 29.4 Å². The van der Waals surface area contributed by atoms with E-state index in [-0.39, 0.29) is 5.82 Å². The second kappa shape index (κ2) is 9.44. The molecule has 0 amide bonds. The maximum absolute atomic E-state index is 13.2. The molecule has 3 rings (SSSR count). The zero-order valence-corrected chi connectivity index (χ0v) is 17.0. The van der Waals surface area contributed by atoms with Gasteiger partial charge < -0.3 is 9.30 Å². The number of thioether (sulfide) groups is 1. The van der Waals surface area contributed by atoms with Crippen molar-refractivity contribution >= 4 is 35.0 Å². The van der Waals surface area contributed by atoms with Crippen molar-refractivity contribution in [2.45, 2.75) is 23.8 Å². The minimum Gasteiger partial charge on any atom is -0.492 e. The monoisotopic (exact) mass is 425 g/mol. The standard InChI is InChI=1S/C19H18Cl2FN3OS/c1-25-18(6-3-9-26-17-8-7-14(20)11-16(17)21)23-24-19(25)27-12-13-4-2-5-15(22)10-13/h2,4-5,7-8,10-11H,3,6,9,12H2,1H3. The number of rotatable bonds is 8. The number of halogens is 3. The predicted octanol–water partition coefficient (Wildman–Crippen LogP) is 5.56. The van der Waals surface area contributed by atoms with Gasteiger partial charge in [-0.3, -0.25) is 0 Å². The first-order chi connectivity index (χ1) is 13.0. The first kappa shape index (κ1) is 20.0. The number of nitrogens with zero attached hydrogens (tertiary/aromatic N) is 3. The molecule has 0 unspecified atom stereocenters. The Kier molecular flexibility index (Phi) is 6.99. The lowest BCUT2D eigenvalue weighted by molar-refractivity contribution is 0.309. The van der Waals surface area contributed by atoms with E-state index in [4.69, 9.17) is 27.9 Å². The van der Waals surface area contributed by atoms with Crippen LogP contribution < -0.4 is 4.74 Å².